The number of fused-ring (bicyclic) bond motifs is 1. The van der Waals surface area contributed by atoms with Gasteiger partial charge >= 0.3 is 0 Å². The van der Waals surface area contributed by atoms with Crippen molar-refractivity contribution in [1.82, 2.24) is 10.2 Å². The molecule has 4 rings (SSSR count). The molecule has 0 aliphatic carbocycles. The summed E-state index contributed by atoms with van der Waals surface area (Å²) in [5, 5.41) is 8.30. The molecule has 1 N–H and O–H groups in total. The quantitative estimate of drug-likeness (QED) is 0.604. The minimum atomic E-state index is -0.259. The van der Waals surface area contributed by atoms with Gasteiger partial charge in [-0.2, -0.15) is 5.10 Å². The average molecular weight is 398 g/mol. The Morgan fingerprint density at radius 2 is 1.90 bits per heavy atom. The van der Waals surface area contributed by atoms with Gasteiger partial charge in [0, 0.05) is 31.6 Å². The summed E-state index contributed by atoms with van der Waals surface area (Å²) < 4.78 is 25.1. The van der Waals surface area contributed by atoms with Crippen molar-refractivity contribution in [3.63, 3.8) is 0 Å². The summed E-state index contributed by atoms with van der Waals surface area (Å²) in [6.07, 6.45) is 2.12. The number of para-hydroxylation sites is 1. The molecule has 1 fully saturated rings. The van der Waals surface area contributed by atoms with Gasteiger partial charge in [0.2, 0.25) is 0 Å². The van der Waals surface area contributed by atoms with Crippen molar-refractivity contribution in [2.45, 2.75) is 19.8 Å². The standard InChI is InChI=1S/C22H27FN4O2/c1-3-4-14-29-20-7-5-6-19(21(20)28-2)26-10-12-27(13-11-26)22-17-9-8-16(23)15-18(17)24-25-22/h5-9,15H,3-4,10-14H2,1-2H3,(H,24,25). The number of aromatic nitrogens is 2. The van der Waals surface area contributed by atoms with Crippen LogP contribution in [-0.2, 0) is 0 Å². The maximum atomic E-state index is 13.4. The molecular formula is C22H27FN4O2. The molecule has 7 heteroatoms. The molecular weight excluding hydrogens is 371 g/mol. The van der Waals surface area contributed by atoms with E-state index in [1.807, 2.05) is 12.1 Å². The lowest BCUT2D eigenvalue weighted by atomic mass is 10.2. The Labute approximate surface area is 170 Å². The number of piperazine rings is 1. The van der Waals surface area contributed by atoms with E-state index in [1.54, 1.807) is 13.2 Å². The summed E-state index contributed by atoms with van der Waals surface area (Å²) in [7, 11) is 1.69. The molecule has 6 nitrogen and oxygen atoms in total. The fraction of sp³-hybridized carbons (Fsp3) is 0.409. The molecule has 29 heavy (non-hydrogen) atoms. The Hall–Kier alpha value is -2.96. The first kappa shape index (κ1) is 19.4. The molecule has 1 saturated heterocycles. The number of methoxy groups -OCH3 is 1. The molecule has 0 amide bonds. The highest BCUT2D eigenvalue weighted by Crippen LogP contribution is 2.38. The molecule has 1 aliphatic heterocycles. The van der Waals surface area contributed by atoms with Gasteiger partial charge in [0.1, 0.15) is 5.82 Å². The highest BCUT2D eigenvalue weighted by atomic mass is 19.1. The number of hydrogen-bond acceptors (Lipinski definition) is 5. The zero-order chi connectivity index (χ0) is 20.2. The second-order valence-corrected chi connectivity index (χ2v) is 7.22. The molecule has 2 aromatic carbocycles. The van der Waals surface area contributed by atoms with Crippen LogP contribution in [0.2, 0.25) is 0 Å². The molecule has 0 spiro atoms. The fourth-order valence-corrected chi connectivity index (χ4v) is 3.78. The number of nitrogens with one attached hydrogen (secondary N) is 1. The molecule has 3 aromatic rings. The van der Waals surface area contributed by atoms with Gasteiger partial charge in [0.15, 0.2) is 17.3 Å². The summed E-state index contributed by atoms with van der Waals surface area (Å²) in [4.78, 5) is 4.55. The number of aromatic amines is 1. The predicted molar refractivity (Wildman–Crippen MR) is 114 cm³/mol. The molecule has 2 heterocycles. The van der Waals surface area contributed by atoms with Crippen molar-refractivity contribution in [1.29, 1.82) is 0 Å². The van der Waals surface area contributed by atoms with E-state index in [-0.39, 0.29) is 5.82 Å². The minimum absolute atomic E-state index is 0.259. The van der Waals surface area contributed by atoms with Crippen LogP contribution in [0.3, 0.4) is 0 Å². The molecule has 0 radical (unpaired) electrons. The number of halogens is 1. The van der Waals surface area contributed by atoms with Crippen LogP contribution in [0.5, 0.6) is 11.5 Å². The Balaban J connectivity index is 1.48. The zero-order valence-electron chi connectivity index (χ0n) is 16.9. The van der Waals surface area contributed by atoms with Crippen molar-refractivity contribution in [3.05, 3.63) is 42.2 Å². The summed E-state index contributed by atoms with van der Waals surface area (Å²) in [5.41, 5.74) is 1.77. The molecule has 154 valence electrons. The van der Waals surface area contributed by atoms with Crippen LogP contribution in [0.15, 0.2) is 36.4 Å². The average Bonchev–Trinajstić information content (AvgIpc) is 3.17. The summed E-state index contributed by atoms with van der Waals surface area (Å²) >= 11 is 0. The van der Waals surface area contributed by atoms with Gasteiger partial charge in [-0.3, -0.25) is 5.10 Å². The Morgan fingerprint density at radius 1 is 1.10 bits per heavy atom. The second-order valence-electron chi connectivity index (χ2n) is 7.22. The van der Waals surface area contributed by atoms with E-state index in [4.69, 9.17) is 9.47 Å². The van der Waals surface area contributed by atoms with Crippen molar-refractivity contribution in [2.24, 2.45) is 0 Å². The Bertz CT molecular complexity index is 967. The molecule has 0 saturated carbocycles. The number of unbranched alkanes of at least 4 members (excludes halogenated alkanes) is 1. The van der Waals surface area contributed by atoms with Gasteiger partial charge in [-0.25, -0.2) is 4.39 Å². The number of H-pyrrole nitrogens is 1. The van der Waals surface area contributed by atoms with Crippen LogP contribution in [0.1, 0.15) is 19.8 Å². The van der Waals surface area contributed by atoms with Crippen LogP contribution in [-0.4, -0.2) is 50.1 Å². The largest absolute Gasteiger partial charge is 0.491 e. The van der Waals surface area contributed by atoms with Crippen molar-refractivity contribution in [2.75, 3.05) is 49.7 Å². The van der Waals surface area contributed by atoms with E-state index in [1.165, 1.54) is 12.1 Å². The highest BCUT2D eigenvalue weighted by Gasteiger charge is 2.24. The number of hydrogen-bond donors (Lipinski definition) is 1. The number of rotatable bonds is 7. The normalized spacial score (nSPS) is 14.4. The molecule has 0 atom stereocenters. The summed E-state index contributed by atoms with van der Waals surface area (Å²) in [5.74, 6) is 2.20. The van der Waals surface area contributed by atoms with Gasteiger partial charge in [0.25, 0.3) is 0 Å². The van der Waals surface area contributed by atoms with Crippen molar-refractivity contribution >= 4 is 22.4 Å². The van der Waals surface area contributed by atoms with Crippen LogP contribution in [0.25, 0.3) is 10.9 Å². The van der Waals surface area contributed by atoms with Gasteiger partial charge < -0.3 is 19.3 Å². The number of ether oxygens (including phenoxy) is 2. The lowest BCUT2D eigenvalue weighted by molar-refractivity contribution is 0.288. The molecule has 1 aromatic heterocycles. The minimum Gasteiger partial charge on any atom is -0.491 e. The lowest BCUT2D eigenvalue weighted by Crippen LogP contribution is -2.46. The van der Waals surface area contributed by atoms with Crippen LogP contribution in [0.4, 0.5) is 15.9 Å². The van der Waals surface area contributed by atoms with E-state index in [9.17, 15) is 4.39 Å². The second kappa shape index (κ2) is 8.59. The van der Waals surface area contributed by atoms with E-state index < -0.39 is 0 Å². The van der Waals surface area contributed by atoms with Gasteiger partial charge in [0.05, 0.1) is 24.9 Å². The molecule has 0 bridgehead atoms. The number of anilines is 2. The monoisotopic (exact) mass is 398 g/mol. The fourth-order valence-electron chi connectivity index (χ4n) is 3.78. The van der Waals surface area contributed by atoms with Crippen molar-refractivity contribution < 1.29 is 13.9 Å². The van der Waals surface area contributed by atoms with Gasteiger partial charge in [-0.1, -0.05) is 19.4 Å². The molecule has 0 unspecified atom stereocenters. The third-order valence-corrected chi connectivity index (χ3v) is 5.34. The maximum Gasteiger partial charge on any atom is 0.184 e. The SMILES string of the molecule is CCCCOc1cccc(N2CCN(c3n[nH]c4cc(F)ccc34)CC2)c1OC. The first-order valence-electron chi connectivity index (χ1n) is 10.1. The van der Waals surface area contributed by atoms with E-state index >= 15 is 0 Å². The highest BCUT2D eigenvalue weighted by molar-refractivity contribution is 5.90. The number of nitrogens with zero attached hydrogens (tertiary/aromatic N) is 3. The van der Waals surface area contributed by atoms with Crippen molar-refractivity contribution in [3.8, 4) is 11.5 Å². The summed E-state index contributed by atoms with van der Waals surface area (Å²) in [6, 6.07) is 10.8. The summed E-state index contributed by atoms with van der Waals surface area (Å²) in [6.45, 7) is 6.16. The Kier molecular flexibility index (Phi) is 5.74. The smallest absolute Gasteiger partial charge is 0.184 e. The van der Waals surface area contributed by atoms with E-state index in [0.29, 0.717) is 6.61 Å². The van der Waals surface area contributed by atoms with Gasteiger partial charge in [-0.15, -0.1) is 0 Å². The van der Waals surface area contributed by atoms with Crippen LogP contribution < -0.4 is 19.3 Å². The number of benzene rings is 2. The van der Waals surface area contributed by atoms with Crippen LogP contribution in [0, 0.1) is 5.82 Å². The third-order valence-electron chi connectivity index (χ3n) is 5.34. The van der Waals surface area contributed by atoms with E-state index in [0.717, 1.165) is 72.9 Å². The van der Waals surface area contributed by atoms with Gasteiger partial charge in [-0.05, 0) is 36.8 Å². The molecule has 1 aliphatic rings. The predicted octanol–water partition coefficient (Wildman–Crippen LogP) is 4.22. The first-order valence-corrected chi connectivity index (χ1v) is 10.1. The lowest BCUT2D eigenvalue weighted by Gasteiger charge is -2.37. The third kappa shape index (κ3) is 3.95. The topological polar surface area (TPSA) is 53.6 Å². The Morgan fingerprint density at radius 3 is 2.66 bits per heavy atom. The van der Waals surface area contributed by atoms with E-state index in [2.05, 4.69) is 33.0 Å². The maximum absolute atomic E-state index is 13.4. The van der Waals surface area contributed by atoms with Crippen LogP contribution >= 0.6 is 0 Å². The zero-order valence-corrected chi connectivity index (χ0v) is 16.9. The first-order chi connectivity index (χ1) is 14.2.